The Morgan fingerprint density at radius 1 is 0.939 bits per heavy atom. The SMILES string of the molecule is Cc1ccc([C@H]2CC(=O)C3=C(C2)Nc2ccccc2N[C@H]3c2cc3c(cc2Br)OCO3)cc1. The number of para-hydroxylation sites is 2. The second kappa shape index (κ2) is 7.96. The molecule has 3 aliphatic rings. The molecule has 166 valence electrons. The van der Waals surface area contributed by atoms with Crippen molar-refractivity contribution in [2.45, 2.75) is 31.7 Å². The molecule has 0 fully saturated rings. The minimum absolute atomic E-state index is 0.149. The summed E-state index contributed by atoms with van der Waals surface area (Å²) in [6.07, 6.45) is 1.26. The van der Waals surface area contributed by atoms with Gasteiger partial charge in [-0.05, 0) is 54.7 Å². The molecule has 2 aliphatic heterocycles. The average molecular weight is 503 g/mol. The van der Waals surface area contributed by atoms with Crippen molar-refractivity contribution in [1.82, 2.24) is 0 Å². The highest BCUT2D eigenvalue weighted by Crippen LogP contribution is 2.47. The summed E-state index contributed by atoms with van der Waals surface area (Å²) in [5, 5.41) is 7.23. The van der Waals surface area contributed by atoms with Gasteiger partial charge in [-0.25, -0.2) is 0 Å². The number of benzene rings is 3. The van der Waals surface area contributed by atoms with Crippen LogP contribution in [0.1, 0.15) is 41.5 Å². The molecular formula is C27H23BrN2O3. The molecule has 3 aromatic rings. The molecule has 3 aromatic carbocycles. The van der Waals surface area contributed by atoms with Gasteiger partial charge in [0, 0.05) is 22.2 Å². The highest BCUT2D eigenvalue weighted by Gasteiger charge is 2.37. The Balaban J connectivity index is 1.47. The largest absolute Gasteiger partial charge is 0.454 e. The van der Waals surface area contributed by atoms with Gasteiger partial charge in [-0.15, -0.1) is 0 Å². The van der Waals surface area contributed by atoms with Crippen LogP contribution in [0.2, 0.25) is 0 Å². The Morgan fingerprint density at radius 2 is 1.67 bits per heavy atom. The van der Waals surface area contributed by atoms with E-state index in [4.69, 9.17) is 9.47 Å². The lowest BCUT2D eigenvalue weighted by Gasteiger charge is -2.30. The molecule has 6 heteroatoms. The smallest absolute Gasteiger partial charge is 0.231 e. The molecule has 0 spiro atoms. The third-order valence-electron chi connectivity index (χ3n) is 6.66. The number of hydrogen-bond donors (Lipinski definition) is 2. The number of fused-ring (bicyclic) bond motifs is 2. The Labute approximate surface area is 200 Å². The second-order valence-corrected chi connectivity index (χ2v) is 9.66. The third-order valence-corrected chi connectivity index (χ3v) is 7.35. The molecule has 0 saturated carbocycles. The molecule has 2 atom stereocenters. The predicted molar refractivity (Wildman–Crippen MR) is 132 cm³/mol. The van der Waals surface area contributed by atoms with E-state index >= 15 is 0 Å². The van der Waals surface area contributed by atoms with E-state index in [-0.39, 0.29) is 24.5 Å². The maximum Gasteiger partial charge on any atom is 0.231 e. The number of anilines is 2. The highest BCUT2D eigenvalue weighted by atomic mass is 79.9. The third kappa shape index (κ3) is 3.59. The van der Waals surface area contributed by atoms with Crippen molar-refractivity contribution in [2.75, 3.05) is 17.4 Å². The number of hydrogen-bond acceptors (Lipinski definition) is 5. The summed E-state index contributed by atoms with van der Waals surface area (Å²) >= 11 is 3.71. The zero-order valence-electron chi connectivity index (χ0n) is 18.2. The van der Waals surface area contributed by atoms with Crippen LogP contribution in [-0.4, -0.2) is 12.6 Å². The number of carbonyl (C=O) groups excluding carboxylic acids is 1. The van der Waals surface area contributed by atoms with E-state index in [0.717, 1.165) is 39.1 Å². The second-order valence-electron chi connectivity index (χ2n) is 8.81. The minimum atomic E-state index is -0.313. The summed E-state index contributed by atoms with van der Waals surface area (Å²) in [5.74, 6) is 1.71. The fourth-order valence-electron chi connectivity index (χ4n) is 4.95. The molecule has 0 aromatic heterocycles. The van der Waals surface area contributed by atoms with Crippen LogP contribution in [0.15, 0.2) is 76.4 Å². The molecule has 5 nitrogen and oxygen atoms in total. The number of nitrogens with one attached hydrogen (secondary N) is 2. The molecule has 0 saturated heterocycles. The van der Waals surface area contributed by atoms with Crippen LogP contribution in [0.3, 0.4) is 0 Å². The van der Waals surface area contributed by atoms with Crippen molar-refractivity contribution in [2.24, 2.45) is 0 Å². The van der Waals surface area contributed by atoms with Crippen molar-refractivity contribution in [3.8, 4) is 11.5 Å². The van der Waals surface area contributed by atoms with Crippen molar-refractivity contribution in [1.29, 1.82) is 0 Å². The summed E-state index contributed by atoms with van der Waals surface area (Å²) < 4.78 is 12.1. The van der Waals surface area contributed by atoms with E-state index in [1.165, 1.54) is 11.1 Å². The van der Waals surface area contributed by atoms with Crippen molar-refractivity contribution >= 4 is 33.1 Å². The normalized spacial score (nSPS) is 21.0. The molecule has 0 radical (unpaired) electrons. The molecule has 0 unspecified atom stereocenters. The summed E-state index contributed by atoms with van der Waals surface area (Å²) in [6.45, 7) is 2.29. The molecule has 2 heterocycles. The van der Waals surface area contributed by atoms with Gasteiger partial charge in [0.25, 0.3) is 0 Å². The van der Waals surface area contributed by atoms with Crippen LogP contribution in [0.4, 0.5) is 11.4 Å². The van der Waals surface area contributed by atoms with Gasteiger partial charge in [-0.3, -0.25) is 4.79 Å². The van der Waals surface area contributed by atoms with Gasteiger partial charge in [0.05, 0.1) is 17.4 Å². The molecule has 33 heavy (non-hydrogen) atoms. The van der Waals surface area contributed by atoms with Crippen LogP contribution >= 0.6 is 15.9 Å². The summed E-state index contributed by atoms with van der Waals surface area (Å²) in [6, 6.07) is 20.2. The monoisotopic (exact) mass is 502 g/mol. The first kappa shape index (κ1) is 20.4. The lowest BCUT2D eigenvalue weighted by Crippen LogP contribution is -2.27. The standard InChI is InChI=1S/C27H23BrN2O3/c1-15-6-8-16(9-7-15)17-10-22-26(23(31)11-17)27(30-21-5-3-2-4-20(21)29-22)18-12-24-25(13-19(18)28)33-14-32-24/h2-9,12-13,17,27,29-30H,10-11,14H2,1H3/t17-,27+/m1/s1. The van der Waals surface area contributed by atoms with E-state index in [2.05, 4.69) is 57.8 Å². The molecule has 2 N–H and O–H groups in total. The molecule has 0 bridgehead atoms. The number of allylic oxidation sites excluding steroid dienone is 1. The number of aryl methyl sites for hydroxylation is 1. The van der Waals surface area contributed by atoms with Crippen LogP contribution in [0, 0.1) is 6.92 Å². The fraction of sp³-hybridized carbons (Fsp3) is 0.222. The van der Waals surface area contributed by atoms with E-state index in [1.54, 1.807) is 0 Å². The molecule has 0 amide bonds. The lowest BCUT2D eigenvalue weighted by atomic mass is 9.78. The number of Topliss-reactive ketones (excluding diaryl/α,β-unsaturated/α-hetero) is 1. The van der Waals surface area contributed by atoms with Gasteiger partial charge >= 0.3 is 0 Å². The van der Waals surface area contributed by atoms with E-state index in [0.29, 0.717) is 17.9 Å². The van der Waals surface area contributed by atoms with Crippen molar-refractivity contribution in [3.63, 3.8) is 0 Å². The Morgan fingerprint density at radius 3 is 2.45 bits per heavy atom. The molecule has 1 aliphatic carbocycles. The first-order chi connectivity index (χ1) is 16.1. The van der Waals surface area contributed by atoms with E-state index < -0.39 is 0 Å². The van der Waals surface area contributed by atoms with Crippen LogP contribution in [0.25, 0.3) is 0 Å². The molecule has 6 rings (SSSR count). The molecular weight excluding hydrogens is 480 g/mol. The number of rotatable bonds is 2. The first-order valence-corrected chi connectivity index (χ1v) is 11.9. The fourth-order valence-corrected chi connectivity index (χ4v) is 5.51. The lowest BCUT2D eigenvalue weighted by molar-refractivity contribution is -0.116. The highest BCUT2D eigenvalue weighted by molar-refractivity contribution is 9.10. The number of carbonyl (C=O) groups is 1. The van der Waals surface area contributed by atoms with Gasteiger partial charge in [0.1, 0.15) is 0 Å². The van der Waals surface area contributed by atoms with Gasteiger partial charge in [0.15, 0.2) is 17.3 Å². The number of ketones is 1. The topological polar surface area (TPSA) is 59.6 Å². The zero-order valence-corrected chi connectivity index (χ0v) is 19.7. The zero-order chi connectivity index (χ0) is 22.5. The maximum atomic E-state index is 13.7. The van der Waals surface area contributed by atoms with Gasteiger partial charge in [-0.1, -0.05) is 57.9 Å². The quantitative estimate of drug-likeness (QED) is 0.420. The Kier molecular flexibility index (Phi) is 4.91. The Hall–Kier alpha value is -3.25. The van der Waals surface area contributed by atoms with Crippen LogP contribution < -0.4 is 20.1 Å². The van der Waals surface area contributed by atoms with Gasteiger partial charge < -0.3 is 20.1 Å². The van der Waals surface area contributed by atoms with E-state index in [9.17, 15) is 4.79 Å². The predicted octanol–water partition coefficient (Wildman–Crippen LogP) is 6.47. The number of halogens is 1. The summed E-state index contributed by atoms with van der Waals surface area (Å²) in [4.78, 5) is 13.7. The van der Waals surface area contributed by atoms with Crippen molar-refractivity contribution in [3.05, 3.63) is 93.1 Å². The maximum absolute atomic E-state index is 13.7. The van der Waals surface area contributed by atoms with E-state index in [1.807, 2.05) is 36.4 Å². The van der Waals surface area contributed by atoms with Gasteiger partial charge in [-0.2, -0.15) is 0 Å². The first-order valence-electron chi connectivity index (χ1n) is 11.1. The van der Waals surface area contributed by atoms with Crippen LogP contribution in [-0.2, 0) is 4.79 Å². The number of ether oxygens (including phenoxy) is 2. The summed E-state index contributed by atoms with van der Waals surface area (Å²) in [7, 11) is 0. The van der Waals surface area contributed by atoms with Crippen molar-refractivity contribution < 1.29 is 14.3 Å². The average Bonchev–Trinajstić information content (AvgIpc) is 3.18. The summed E-state index contributed by atoms with van der Waals surface area (Å²) in [5.41, 5.74) is 7.07. The minimum Gasteiger partial charge on any atom is -0.454 e. The Bertz CT molecular complexity index is 1300. The van der Waals surface area contributed by atoms with Gasteiger partial charge in [0.2, 0.25) is 6.79 Å². The van der Waals surface area contributed by atoms with Crippen LogP contribution in [0.5, 0.6) is 11.5 Å².